The molecule has 0 rings (SSSR count). The Hall–Kier alpha value is 0.370. The van der Waals surface area contributed by atoms with Gasteiger partial charge < -0.3 is 0 Å². The molecule has 0 aliphatic carbocycles. The minimum Gasteiger partial charge on any atom is -0.269 e. The maximum absolute atomic E-state index is 5.05. The van der Waals surface area contributed by atoms with Crippen LogP contribution >= 0.6 is 23.2 Å². The average molecular weight is 159 g/mol. The second kappa shape index (κ2) is 32.7. The van der Waals surface area contributed by atoms with Crippen molar-refractivity contribution in [2.75, 3.05) is 11.8 Å². The number of hydrogen-bond donors (Lipinski definition) is 0. The summed E-state index contributed by atoms with van der Waals surface area (Å²) in [5.41, 5.74) is 0. The molecule has 50 valence electrons. The SMILES string of the molecule is ClCCCl.F.F.F. The van der Waals surface area contributed by atoms with Crippen LogP contribution in [-0.4, -0.2) is 11.8 Å². The lowest BCUT2D eigenvalue weighted by molar-refractivity contribution is 1.11. The Labute approximate surface area is 49.9 Å². The van der Waals surface area contributed by atoms with E-state index in [1.807, 2.05) is 0 Å². The third-order valence-electron chi connectivity index (χ3n) is 0.0714. The molecule has 0 aliphatic heterocycles. The van der Waals surface area contributed by atoms with Gasteiger partial charge in [-0.2, -0.15) is 0 Å². The molecule has 0 bridgehead atoms. The largest absolute Gasteiger partial charge is 0.269 e. The van der Waals surface area contributed by atoms with Crippen molar-refractivity contribution in [3.05, 3.63) is 0 Å². The summed E-state index contributed by atoms with van der Waals surface area (Å²) in [7, 11) is 0. The van der Waals surface area contributed by atoms with Gasteiger partial charge in [-0.3, -0.25) is 14.1 Å². The van der Waals surface area contributed by atoms with E-state index in [-0.39, 0.29) is 14.1 Å². The maximum Gasteiger partial charge on any atom is 0.0359 e. The fourth-order valence-corrected chi connectivity index (χ4v) is 0. The molecule has 0 unspecified atom stereocenters. The molecule has 0 aromatic rings. The average Bonchev–Trinajstić information content (AvgIpc) is 1.37. The molecule has 0 saturated carbocycles. The minimum absolute atomic E-state index is 0. The maximum atomic E-state index is 5.05. The van der Waals surface area contributed by atoms with Gasteiger partial charge in [0.1, 0.15) is 0 Å². The van der Waals surface area contributed by atoms with Crippen LogP contribution in [0.15, 0.2) is 0 Å². The summed E-state index contributed by atoms with van der Waals surface area (Å²) in [5, 5.41) is 0. The summed E-state index contributed by atoms with van der Waals surface area (Å²) in [6, 6.07) is 0. The zero-order valence-corrected chi connectivity index (χ0v) is 4.91. The Morgan fingerprint density at radius 2 is 0.857 bits per heavy atom. The number of alkyl halides is 2. The molecule has 0 aromatic heterocycles. The fourth-order valence-electron chi connectivity index (χ4n) is 0. The van der Waals surface area contributed by atoms with E-state index in [0.29, 0.717) is 11.8 Å². The van der Waals surface area contributed by atoms with Gasteiger partial charge in [-0.1, -0.05) is 0 Å². The molecule has 7 heavy (non-hydrogen) atoms. The topological polar surface area (TPSA) is 0 Å². The molecule has 5 heteroatoms. The quantitative estimate of drug-likeness (QED) is 0.512. The van der Waals surface area contributed by atoms with Crippen molar-refractivity contribution in [1.82, 2.24) is 0 Å². The van der Waals surface area contributed by atoms with Crippen LogP contribution < -0.4 is 0 Å². The van der Waals surface area contributed by atoms with Crippen molar-refractivity contribution in [2.24, 2.45) is 0 Å². The first-order valence-corrected chi connectivity index (χ1v) is 2.10. The predicted molar refractivity (Wildman–Crippen MR) is 28.9 cm³/mol. The van der Waals surface area contributed by atoms with E-state index in [0.717, 1.165) is 0 Å². The van der Waals surface area contributed by atoms with Crippen molar-refractivity contribution in [2.45, 2.75) is 0 Å². The van der Waals surface area contributed by atoms with Gasteiger partial charge in [0.2, 0.25) is 0 Å². The van der Waals surface area contributed by atoms with Crippen LogP contribution in [-0.2, 0) is 0 Å². The van der Waals surface area contributed by atoms with Crippen LogP contribution in [0.4, 0.5) is 14.1 Å². The summed E-state index contributed by atoms with van der Waals surface area (Å²) in [5.74, 6) is 1.11. The molecule has 0 heterocycles. The van der Waals surface area contributed by atoms with Crippen molar-refractivity contribution in [1.29, 1.82) is 0 Å². The van der Waals surface area contributed by atoms with Crippen LogP contribution in [0.3, 0.4) is 0 Å². The van der Waals surface area contributed by atoms with E-state index in [1.54, 1.807) is 0 Å². The lowest BCUT2D eigenvalue weighted by atomic mass is 11.0. The van der Waals surface area contributed by atoms with Gasteiger partial charge in [-0.15, -0.1) is 23.2 Å². The third kappa shape index (κ3) is 64.8. The van der Waals surface area contributed by atoms with E-state index in [1.165, 1.54) is 0 Å². The summed E-state index contributed by atoms with van der Waals surface area (Å²) >= 11 is 10.1. The fraction of sp³-hybridized carbons (Fsp3) is 1.00. The zero-order valence-electron chi connectivity index (χ0n) is 3.39. The van der Waals surface area contributed by atoms with Gasteiger partial charge in [0.15, 0.2) is 0 Å². The summed E-state index contributed by atoms with van der Waals surface area (Å²) in [6.45, 7) is 0. The highest BCUT2D eigenvalue weighted by atomic mass is 35.5. The predicted octanol–water partition coefficient (Wildman–Crippen LogP) is 1.92. The van der Waals surface area contributed by atoms with Crippen molar-refractivity contribution >= 4 is 23.2 Å². The second-order valence-electron chi connectivity index (χ2n) is 0.378. The highest BCUT2D eigenvalue weighted by molar-refractivity contribution is 6.25. The smallest absolute Gasteiger partial charge is 0.0359 e. The van der Waals surface area contributed by atoms with E-state index in [4.69, 9.17) is 23.2 Å². The van der Waals surface area contributed by atoms with Crippen molar-refractivity contribution < 1.29 is 14.1 Å². The van der Waals surface area contributed by atoms with Gasteiger partial charge >= 0.3 is 0 Å². The summed E-state index contributed by atoms with van der Waals surface area (Å²) in [4.78, 5) is 0. The molecule has 0 radical (unpaired) electrons. The molecule has 0 N–H and O–H groups in total. The Bertz CT molecular complexity index is 12.9. The van der Waals surface area contributed by atoms with E-state index in [9.17, 15) is 0 Å². The lowest BCUT2D eigenvalue weighted by Crippen LogP contribution is -1.63. The van der Waals surface area contributed by atoms with Gasteiger partial charge in [-0.25, -0.2) is 0 Å². The Morgan fingerprint density at radius 3 is 0.857 bits per heavy atom. The van der Waals surface area contributed by atoms with Gasteiger partial charge in [0.25, 0.3) is 0 Å². The van der Waals surface area contributed by atoms with Crippen LogP contribution in [0.2, 0.25) is 0 Å². The normalized spacial score (nSPS) is 4.29. The third-order valence-corrected chi connectivity index (χ3v) is 0.643. The highest BCUT2D eigenvalue weighted by Crippen LogP contribution is 1.75. The van der Waals surface area contributed by atoms with E-state index < -0.39 is 0 Å². The molecule has 0 aromatic carbocycles. The van der Waals surface area contributed by atoms with Crippen molar-refractivity contribution in [3.63, 3.8) is 0 Å². The standard InChI is InChI=1S/C2H4Cl2.3FH/c3-1-2-4;;;/h1-2H2;3*1H. The molecule has 0 atom stereocenters. The molecule has 0 aliphatic rings. The highest BCUT2D eigenvalue weighted by Gasteiger charge is 1.61. The number of halogens is 5. The lowest BCUT2D eigenvalue weighted by Gasteiger charge is -1.63. The van der Waals surface area contributed by atoms with Crippen LogP contribution in [0.25, 0.3) is 0 Å². The van der Waals surface area contributed by atoms with E-state index in [2.05, 4.69) is 0 Å². The first-order valence-electron chi connectivity index (χ1n) is 1.03. The van der Waals surface area contributed by atoms with Gasteiger partial charge in [0.05, 0.1) is 0 Å². The molecule has 0 amide bonds. The monoisotopic (exact) mass is 158 g/mol. The van der Waals surface area contributed by atoms with E-state index >= 15 is 0 Å². The summed E-state index contributed by atoms with van der Waals surface area (Å²) < 4.78 is 0. The van der Waals surface area contributed by atoms with Crippen molar-refractivity contribution in [3.8, 4) is 0 Å². The van der Waals surface area contributed by atoms with Gasteiger partial charge in [0, 0.05) is 11.8 Å². The molecule has 0 fully saturated rings. The molecule has 0 spiro atoms. The number of hydrogen-bond acceptors (Lipinski definition) is 0. The zero-order chi connectivity index (χ0) is 3.41. The molecule has 0 nitrogen and oxygen atoms in total. The van der Waals surface area contributed by atoms with Crippen LogP contribution in [0, 0.1) is 0 Å². The Morgan fingerprint density at radius 1 is 0.714 bits per heavy atom. The first kappa shape index (κ1) is 26.3. The first-order chi connectivity index (χ1) is 1.91. The molecular weight excluding hydrogens is 152 g/mol. The minimum atomic E-state index is 0. The second-order valence-corrected chi connectivity index (χ2v) is 1.13. The summed E-state index contributed by atoms with van der Waals surface area (Å²) in [6.07, 6.45) is 0. The van der Waals surface area contributed by atoms with Crippen LogP contribution in [0.5, 0.6) is 0 Å². The van der Waals surface area contributed by atoms with Crippen LogP contribution in [0.1, 0.15) is 0 Å². The molecular formula is C2H7Cl2F3. The number of rotatable bonds is 1. The van der Waals surface area contributed by atoms with Gasteiger partial charge in [-0.05, 0) is 0 Å². The molecule has 0 saturated heterocycles. The Kier molecular flexibility index (Phi) is 123. The Balaban J connectivity index is -0.0000000150.